The number of hydrogen-bond donors (Lipinski definition) is 2. The summed E-state index contributed by atoms with van der Waals surface area (Å²) < 4.78 is 0. The van der Waals surface area contributed by atoms with Crippen molar-refractivity contribution in [1.82, 2.24) is 20.5 Å². The van der Waals surface area contributed by atoms with Crippen molar-refractivity contribution in [3.05, 3.63) is 30.1 Å². The van der Waals surface area contributed by atoms with Crippen molar-refractivity contribution in [2.45, 2.75) is 45.7 Å². The minimum Gasteiger partial charge on any atom is -0.338 e. The summed E-state index contributed by atoms with van der Waals surface area (Å²) in [5.74, 6) is 0.548. The highest BCUT2D eigenvalue weighted by molar-refractivity contribution is 5.74. The first kappa shape index (κ1) is 16.7. The molecule has 0 saturated carbocycles. The number of nitrogens with zero attached hydrogens (tertiary/aromatic N) is 2. The summed E-state index contributed by atoms with van der Waals surface area (Å²) in [6, 6.07) is 6.12. The van der Waals surface area contributed by atoms with Crippen LogP contribution in [-0.4, -0.2) is 41.6 Å². The van der Waals surface area contributed by atoms with Crippen LogP contribution < -0.4 is 10.6 Å². The fraction of sp³-hybridized carbons (Fsp3) is 0.647. The standard InChI is InChI=1S/C17H28N4O/c1-13(2)21-10-6-7-15(12-21)11-19-17(22)20-14(3)16-8-4-5-9-18-16/h4-5,8-9,13-15H,6-7,10-12H2,1-3H3,(H2,19,20,22)/t14-,15+/m0/s1. The van der Waals surface area contributed by atoms with Crippen LogP contribution in [0.3, 0.4) is 0 Å². The molecule has 1 saturated heterocycles. The van der Waals surface area contributed by atoms with E-state index in [0.717, 1.165) is 18.8 Å². The molecule has 2 amide bonds. The number of pyridine rings is 1. The molecule has 2 atom stereocenters. The molecule has 0 aromatic carbocycles. The third kappa shape index (κ3) is 4.98. The van der Waals surface area contributed by atoms with E-state index in [1.807, 2.05) is 25.1 Å². The summed E-state index contributed by atoms with van der Waals surface area (Å²) in [5, 5.41) is 5.95. The van der Waals surface area contributed by atoms with Crippen LogP contribution in [0.5, 0.6) is 0 Å². The number of amides is 2. The zero-order valence-electron chi connectivity index (χ0n) is 13.9. The van der Waals surface area contributed by atoms with E-state index >= 15 is 0 Å². The van der Waals surface area contributed by atoms with Crippen molar-refractivity contribution in [3.8, 4) is 0 Å². The number of rotatable bonds is 5. The maximum atomic E-state index is 12.0. The van der Waals surface area contributed by atoms with Gasteiger partial charge < -0.3 is 15.5 Å². The van der Waals surface area contributed by atoms with Crippen molar-refractivity contribution >= 4 is 6.03 Å². The van der Waals surface area contributed by atoms with Gasteiger partial charge in [-0.3, -0.25) is 4.98 Å². The second-order valence-corrected chi connectivity index (χ2v) is 6.43. The molecule has 2 rings (SSSR count). The highest BCUT2D eigenvalue weighted by atomic mass is 16.2. The van der Waals surface area contributed by atoms with E-state index in [2.05, 4.69) is 34.4 Å². The Morgan fingerprint density at radius 2 is 2.23 bits per heavy atom. The Labute approximate surface area is 133 Å². The van der Waals surface area contributed by atoms with Gasteiger partial charge in [0.25, 0.3) is 0 Å². The number of nitrogens with one attached hydrogen (secondary N) is 2. The number of piperidine rings is 1. The lowest BCUT2D eigenvalue weighted by Gasteiger charge is -2.35. The quantitative estimate of drug-likeness (QED) is 0.879. The van der Waals surface area contributed by atoms with Crippen molar-refractivity contribution in [2.24, 2.45) is 5.92 Å². The summed E-state index contributed by atoms with van der Waals surface area (Å²) in [5.41, 5.74) is 0.876. The third-order valence-electron chi connectivity index (χ3n) is 4.31. The second-order valence-electron chi connectivity index (χ2n) is 6.43. The van der Waals surface area contributed by atoms with Gasteiger partial charge in [-0.1, -0.05) is 6.07 Å². The summed E-state index contributed by atoms with van der Waals surface area (Å²) in [6.07, 6.45) is 4.16. The molecule has 0 radical (unpaired) electrons. The Balaban J connectivity index is 1.73. The van der Waals surface area contributed by atoms with Crippen LogP contribution in [0, 0.1) is 5.92 Å². The molecule has 0 bridgehead atoms. The minimum atomic E-state index is -0.111. The number of likely N-dealkylation sites (tertiary alicyclic amines) is 1. The van der Waals surface area contributed by atoms with Gasteiger partial charge in [0.15, 0.2) is 0 Å². The summed E-state index contributed by atoms with van der Waals surface area (Å²) >= 11 is 0. The molecule has 22 heavy (non-hydrogen) atoms. The molecule has 5 nitrogen and oxygen atoms in total. The lowest BCUT2D eigenvalue weighted by Crippen LogP contribution is -2.45. The van der Waals surface area contributed by atoms with E-state index in [1.54, 1.807) is 6.20 Å². The third-order valence-corrected chi connectivity index (χ3v) is 4.31. The van der Waals surface area contributed by atoms with Gasteiger partial charge in [-0.2, -0.15) is 0 Å². The lowest BCUT2D eigenvalue weighted by atomic mass is 9.97. The monoisotopic (exact) mass is 304 g/mol. The highest BCUT2D eigenvalue weighted by Crippen LogP contribution is 2.17. The van der Waals surface area contributed by atoms with Crippen molar-refractivity contribution < 1.29 is 4.79 Å². The molecular weight excluding hydrogens is 276 g/mol. The number of carbonyl (C=O) groups is 1. The molecule has 1 aromatic rings. The molecule has 2 heterocycles. The van der Waals surface area contributed by atoms with Gasteiger partial charge in [-0.25, -0.2) is 4.79 Å². The molecule has 1 aliphatic rings. The molecule has 0 spiro atoms. The first-order chi connectivity index (χ1) is 10.6. The fourth-order valence-corrected chi connectivity index (χ4v) is 2.92. The van der Waals surface area contributed by atoms with Crippen LogP contribution in [-0.2, 0) is 0 Å². The fourth-order valence-electron chi connectivity index (χ4n) is 2.92. The van der Waals surface area contributed by atoms with Gasteiger partial charge in [0.05, 0.1) is 11.7 Å². The molecule has 0 unspecified atom stereocenters. The van der Waals surface area contributed by atoms with Crippen LogP contribution in [0.4, 0.5) is 4.79 Å². The SMILES string of the molecule is CC(C)N1CCC[C@H](CNC(=O)N[C@@H](C)c2ccccn2)C1. The van der Waals surface area contributed by atoms with Gasteiger partial charge >= 0.3 is 6.03 Å². The molecule has 2 N–H and O–H groups in total. The van der Waals surface area contributed by atoms with Gasteiger partial charge in [0, 0.05) is 25.3 Å². The Bertz CT molecular complexity index is 463. The number of carbonyl (C=O) groups excluding carboxylic acids is 1. The Morgan fingerprint density at radius 3 is 2.91 bits per heavy atom. The average molecular weight is 304 g/mol. The van der Waals surface area contributed by atoms with Crippen LogP contribution in [0.1, 0.15) is 45.3 Å². The first-order valence-electron chi connectivity index (χ1n) is 8.25. The van der Waals surface area contributed by atoms with Crippen LogP contribution in [0.25, 0.3) is 0 Å². The van der Waals surface area contributed by atoms with Gasteiger partial charge in [-0.15, -0.1) is 0 Å². The topological polar surface area (TPSA) is 57.3 Å². The predicted molar refractivity (Wildman–Crippen MR) is 88.6 cm³/mol. The normalized spacial score (nSPS) is 20.6. The predicted octanol–water partition coefficient (Wildman–Crippen LogP) is 2.56. The molecule has 122 valence electrons. The number of aromatic nitrogens is 1. The van der Waals surface area contributed by atoms with Crippen molar-refractivity contribution in [3.63, 3.8) is 0 Å². The zero-order valence-corrected chi connectivity index (χ0v) is 13.9. The summed E-state index contributed by atoms with van der Waals surface area (Å²) in [6.45, 7) is 9.41. The Hall–Kier alpha value is -1.62. The van der Waals surface area contributed by atoms with Gasteiger partial charge in [0.2, 0.25) is 0 Å². The maximum absolute atomic E-state index is 12.0. The average Bonchev–Trinajstić information content (AvgIpc) is 2.54. The van der Waals surface area contributed by atoms with E-state index in [0.29, 0.717) is 12.0 Å². The van der Waals surface area contributed by atoms with Gasteiger partial charge in [-0.05, 0) is 58.2 Å². The van der Waals surface area contributed by atoms with Crippen LogP contribution in [0.15, 0.2) is 24.4 Å². The molecule has 5 heteroatoms. The van der Waals surface area contributed by atoms with Crippen LogP contribution >= 0.6 is 0 Å². The lowest BCUT2D eigenvalue weighted by molar-refractivity contribution is 0.139. The van der Waals surface area contributed by atoms with Crippen molar-refractivity contribution in [1.29, 1.82) is 0 Å². The van der Waals surface area contributed by atoms with E-state index in [9.17, 15) is 4.79 Å². The van der Waals surface area contributed by atoms with Crippen molar-refractivity contribution in [2.75, 3.05) is 19.6 Å². The first-order valence-corrected chi connectivity index (χ1v) is 8.25. The number of urea groups is 1. The largest absolute Gasteiger partial charge is 0.338 e. The Kier molecular flexibility index (Phi) is 6.19. The second kappa shape index (κ2) is 8.13. The maximum Gasteiger partial charge on any atom is 0.315 e. The summed E-state index contributed by atoms with van der Waals surface area (Å²) in [4.78, 5) is 18.8. The highest BCUT2D eigenvalue weighted by Gasteiger charge is 2.22. The molecule has 1 fully saturated rings. The minimum absolute atomic E-state index is 0.0836. The summed E-state index contributed by atoms with van der Waals surface area (Å²) in [7, 11) is 0. The molecule has 1 aliphatic heterocycles. The smallest absolute Gasteiger partial charge is 0.315 e. The Morgan fingerprint density at radius 1 is 1.41 bits per heavy atom. The van der Waals surface area contributed by atoms with E-state index in [1.165, 1.54) is 19.4 Å². The molecule has 0 aliphatic carbocycles. The molecule has 1 aromatic heterocycles. The zero-order chi connectivity index (χ0) is 15.9. The van der Waals surface area contributed by atoms with E-state index in [4.69, 9.17) is 0 Å². The van der Waals surface area contributed by atoms with E-state index in [-0.39, 0.29) is 12.1 Å². The molecular formula is C17H28N4O. The van der Waals surface area contributed by atoms with Crippen LogP contribution in [0.2, 0.25) is 0 Å². The number of hydrogen-bond acceptors (Lipinski definition) is 3. The van der Waals surface area contributed by atoms with Gasteiger partial charge in [0.1, 0.15) is 0 Å². The van der Waals surface area contributed by atoms with E-state index < -0.39 is 0 Å².